The van der Waals surface area contributed by atoms with Crippen molar-refractivity contribution in [3.05, 3.63) is 42.1 Å². The van der Waals surface area contributed by atoms with Gasteiger partial charge in [0.2, 0.25) is 0 Å². The zero-order valence-corrected chi connectivity index (χ0v) is 24.2. The summed E-state index contributed by atoms with van der Waals surface area (Å²) in [6.07, 6.45) is 3.43. The van der Waals surface area contributed by atoms with Crippen molar-refractivity contribution in [1.82, 2.24) is 10.3 Å². The monoisotopic (exact) mass is 498 g/mol. The van der Waals surface area contributed by atoms with Crippen molar-refractivity contribution >= 4 is 14.0 Å². The van der Waals surface area contributed by atoms with Crippen LogP contribution < -0.4 is 14.5 Å². The second-order valence-electron chi connectivity index (χ2n) is 10.9. The first kappa shape index (κ1) is 27.4. The molecule has 0 fully saturated rings. The molecule has 0 saturated heterocycles. The molecule has 0 aliphatic carbocycles. The van der Waals surface area contributed by atoms with E-state index in [2.05, 4.69) is 95.2 Å². The maximum atomic E-state index is 7.06. The molecule has 3 rings (SSSR count). The first-order valence-electron chi connectivity index (χ1n) is 13.3. The van der Waals surface area contributed by atoms with Crippen molar-refractivity contribution in [1.29, 1.82) is 0 Å². The number of methoxy groups -OCH3 is 1. The van der Waals surface area contributed by atoms with Gasteiger partial charge in [-0.05, 0) is 60.2 Å². The third kappa shape index (κ3) is 6.15. The maximum absolute atomic E-state index is 7.06. The van der Waals surface area contributed by atoms with Gasteiger partial charge in [-0.3, -0.25) is 0 Å². The van der Waals surface area contributed by atoms with Crippen LogP contribution in [0.1, 0.15) is 67.5 Å². The minimum Gasteiger partial charge on any atom is -0.543 e. The predicted octanol–water partition coefficient (Wildman–Crippen LogP) is 7.62. The average Bonchev–Trinajstić information content (AvgIpc) is 3.46. The lowest BCUT2D eigenvalue weighted by Crippen LogP contribution is -2.50. The Morgan fingerprint density at radius 2 is 1.54 bits per heavy atom. The second-order valence-corrected chi connectivity index (χ2v) is 16.3. The fraction of sp³-hybridized carbons (Fsp3) is 0.586. The molecule has 1 aromatic carbocycles. The van der Waals surface area contributed by atoms with Gasteiger partial charge in [-0.2, -0.15) is 0 Å². The van der Waals surface area contributed by atoms with Crippen LogP contribution in [0.25, 0.3) is 17.0 Å². The Morgan fingerprint density at radius 1 is 0.914 bits per heavy atom. The third-order valence-electron chi connectivity index (χ3n) is 7.39. The number of nitrogens with one attached hydrogen (secondary N) is 2. The van der Waals surface area contributed by atoms with Crippen LogP contribution in [0.15, 0.2) is 36.4 Å². The normalized spacial score (nSPS) is 17.1. The Morgan fingerprint density at radius 3 is 2.11 bits per heavy atom. The molecule has 35 heavy (non-hydrogen) atoms. The molecule has 2 aromatic rings. The van der Waals surface area contributed by atoms with Crippen LogP contribution in [-0.2, 0) is 4.74 Å². The molecule has 0 amide bonds. The van der Waals surface area contributed by atoms with E-state index in [0.717, 1.165) is 41.4 Å². The summed E-state index contributed by atoms with van der Waals surface area (Å²) in [4.78, 5) is 3.62. The molecular weight excluding hydrogens is 452 g/mol. The number of aromatic nitrogens is 1. The van der Waals surface area contributed by atoms with Gasteiger partial charge >= 0.3 is 0 Å². The van der Waals surface area contributed by atoms with Gasteiger partial charge in [0.05, 0.1) is 18.0 Å². The summed E-state index contributed by atoms with van der Waals surface area (Å²) in [6, 6.07) is 10.6. The third-order valence-corrected chi connectivity index (χ3v) is 13.4. The Labute approximate surface area is 213 Å². The van der Waals surface area contributed by atoms with E-state index in [1.807, 2.05) is 6.92 Å². The Kier molecular flexibility index (Phi) is 9.16. The molecule has 0 radical (unpaired) electrons. The first-order chi connectivity index (χ1) is 16.6. The summed E-state index contributed by atoms with van der Waals surface area (Å²) in [5, 5.41) is 3.54. The minimum absolute atomic E-state index is 0.0524. The van der Waals surface area contributed by atoms with Crippen molar-refractivity contribution in [3.63, 3.8) is 0 Å². The van der Waals surface area contributed by atoms with Crippen molar-refractivity contribution in [3.8, 4) is 22.8 Å². The van der Waals surface area contributed by atoms with E-state index in [9.17, 15) is 0 Å². The van der Waals surface area contributed by atoms with Crippen LogP contribution in [0.3, 0.4) is 0 Å². The van der Waals surface area contributed by atoms with Gasteiger partial charge in [-0.25, -0.2) is 0 Å². The smallest absolute Gasteiger partial charge is 0.258 e. The van der Waals surface area contributed by atoms with Crippen molar-refractivity contribution < 1.29 is 13.9 Å². The van der Waals surface area contributed by atoms with Gasteiger partial charge in [-0.1, -0.05) is 54.5 Å². The van der Waals surface area contributed by atoms with Gasteiger partial charge in [0, 0.05) is 31.0 Å². The zero-order chi connectivity index (χ0) is 25.8. The van der Waals surface area contributed by atoms with Gasteiger partial charge in [0.1, 0.15) is 17.6 Å². The van der Waals surface area contributed by atoms with Gasteiger partial charge in [-0.15, -0.1) is 0 Å². The van der Waals surface area contributed by atoms with Crippen molar-refractivity contribution in [2.45, 2.75) is 84.5 Å². The van der Waals surface area contributed by atoms with Crippen LogP contribution in [-0.4, -0.2) is 39.7 Å². The van der Waals surface area contributed by atoms with Crippen LogP contribution in [0.5, 0.6) is 11.5 Å². The molecule has 194 valence electrons. The molecule has 5 nitrogen and oxygen atoms in total. The average molecular weight is 499 g/mol. The van der Waals surface area contributed by atoms with Gasteiger partial charge in [0.15, 0.2) is 0 Å². The van der Waals surface area contributed by atoms with Crippen LogP contribution in [0.4, 0.5) is 0 Å². The standard InChI is InChI=1S/C29H46N2O3Si/c1-10-23-13-29(30-17-23)28-12-11-27(31-28)24-14-25(33-22(8)18-32-9)16-26(15-24)34-35(19(2)3,20(4)5)21(6)7/h11-16,19-23,30-31H,10,17-18H2,1-9H3/t22-,23+/m0/s1. The lowest BCUT2D eigenvalue weighted by molar-refractivity contribution is 0.0920. The summed E-state index contributed by atoms with van der Waals surface area (Å²) < 4.78 is 18.6. The van der Waals surface area contributed by atoms with Crippen LogP contribution in [0, 0.1) is 5.92 Å². The number of aromatic amines is 1. The second kappa shape index (κ2) is 11.7. The molecule has 0 unspecified atom stereocenters. The van der Waals surface area contributed by atoms with Crippen LogP contribution in [0.2, 0.25) is 16.6 Å². The summed E-state index contributed by atoms with van der Waals surface area (Å²) in [7, 11) is -0.405. The number of rotatable bonds is 12. The Bertz CT molecular complexity index is 974. The Balaban J connectivity index is 2.01. The molecule has 2 atom stereocenters. The van der Waals surface area contributed by atoms with Gasteiger partial charge in [0.25, 0.3) is 8.32 Å². The van der Waals surface area contributed by atoms with E-state index >= 15 is 0 Å². The highest BCUT2D eigenvalue weighted by atomic mass is 28.4. The van der Waals surface area contributed by atoms with E-state index in [1.54, 1.807) is 7.11 Å². The number of H-pyrrole nitrogens is 1. The van der Waals surface area contributed by atoms with Crippen molar-refractivity contribution in [2.24, 2.45) is 5.92 Å². The quantitative estimate of drug-likeness (QED) is 0.296. The molecule has 1 aliphatic heterocycles. The van der Waals surface area contributed by atoms with E-state index in [4.69, 9.17) is 13.9 Å². The molecule has 1 aromatic heterocycles. The SMILES string of the molecule is CC[C@@H]1C=C(c2ccc(-c3cc(O[C@@H](C)COC)cc(O[Si](C(C)C)(C(C)C)C(C)C)c3)[nH]2)NC1. The molecule has 0 saturated carbocycles. The lowest BCUT2D eigenvalue weighted by atomic mass is 10.1. The number of hydrogen-bond donors (Lipinski definition) is 2. The topological polar surface area (TPSA) is 55.5 Å². The highest BCUT2D eigenvalue weighted by molar-refractivity contribution is 6.78. The summed E-state index contributed by atoms with van der Waals surface area (Å²) in [6.45, 7) is 19.7. The first-order valence-corrected chi connectivity index (χ1v) is 15.4. The molecule has 6 heteroatoms. The van der Waals surface area contributed by atoms with E-state index in [0.29, 0.717) is 29.1 Å². The predicted molar refractivity (Wildman–Crippen MR) is 150 cm³/mol. The molecule has 0 spiro atoms. The van der Waals surface area contributed by atoms with Crippen LogP contribution >= 0.6 is 0 Å². The van der Waals surface area contributed by atoms with E-state index in [-0.39, 0.29) is 6.10 Å². The van der Waals surface area contributed by atoms with E-state index in [1.165, 1.54) is 5.70 Å². The van der Waals surface area contributed by atoms with Crippen molar-refractivity contribution in [2.75, 3.05) is 20.3 Å². The fourth-order valence-electron chi connectivity index (χ4n) is 5.68. The maximum Gasteiger partial charge on any atom is 0.258 e. The number of hydrogen-bond acceptors (Lipinski definition) is 4. The summed E-state index contributed by atoms with van der Waals surface area (Å²) >= 11 is 0. The molecule has 2 N–H and O–H groups in total. The minimum atomic E-state index is -2.11. The lowest BCUT2D eigenvalue weighted by Gasteiger charge is -2.42. The number of benzene rings is 1. The summed E-state index contributed by atoms with van der Waals surface area (Å²) in [5.74, 6) is 2.30. The molecule has 1 aliphatic rings. The fourth-order valence-corrected chi connectivity index (χ4v) is 10.9. The summed E-state index contributed by atoms with van der Waals surface area (Å²) in [5.41, 5.74) is 5.91. The number of ether oxygens (including phenoxy) is 2. The molecular formula is C29H46N2O3Si. The highest BCUT2D eigenvalue weighted by Crippen LogP contribution is 2.44. The molecule has 2 heterocycles. The van der Waals surface area contributed by atoms with E-state index < -0.39 is 8.32 Å². The van der Waals surface area contributed by atoms with Gasteiger partial charge < -0.3 is 24.2 Å². The molecule has 0 bridgehead atoms. The Hall–Kier alpha value is -2.18. The largest absolute Gasteiger partial charge is 0.543 e. The highest BCUT2D eigenvalue weighted by Gasteiger charge is 2.47. The zero-order valence-electron chi connectivity index (χ0n) is 23.2.